The quantitative estimate of drug-likeness (QED) is 0.601. The Morgan fingerprint density at radius 2 is 2.24 bits per heavy atom. The Balaban J connectivity index is 2.51. The minimum Gasteiger partial charge on any atom is -0.460 e. The first kappa shape index (κ1) is 13.7. The number of ketones is 1. The summed E-state index contributed by atoms with van der Waals surface area (Å²) < 4.78 is 5.19. The van der Waals surface area contributed by atoms with Crippen LogP contribution in [0.15, 0.2) is 11.8 Å². The van der Waals surface area contributed by atoms with Crippen molar-refractivity contribution in [1.29, 1.82) is 0 Å². The van der Waals surface area contributed by atoms with Gasteiger partial charge in [0.15, 0.2) is 5.78 Å². The van der Waals surface area contributed by atoms with Crippen LogP contribution < -0.4 is 5.32 Å². The molecular weight excluding hydrogens is 218 g/mol. The van der Waals surface area contributed by atoms with Crippen molar-refractivity contribution in [2.45, 2.75) is 58.6 Å². The molecule has 1 rings (SSSR count). The van der Waals surface area contributed by atoms with Crippen LogP contribution >= 0.6 is 0 Å². The fourth-order valence-electron chi connectivity index (χ4n) is 2.01. The Morgan fingerprint density at radius 1 is 1.53 bits per heavy atom. The molecule has 0 bridgehead atoms. The van der Waals surface area contributed by atoms with E-state index in [9.17, 15) is 9.59 Å². The largest absolute Gasteiger partial charge is 0.460 e. The van der Waals surface area contributed by atoms with Gasteiger partial charge in [0.2, 0.25) is 0 Å². The van der Waals surface area contributed by atoms with E-state index in [0.717, 1.165) is 25.0 Å². The lowest BCUT2D eigenvalue weighted by Gasteiger charge is -2.31. The molecule has 1 saturated heterocycles. The number of rotatable bonds is 4. The van der Waals surface area contributed by atoms with Crippen LogP contribution in [0.1, 0.15) is 46.5 Å². The molecule has 17 heavy (non-hydrogen) atoms. The second kappa shape index (κ2) is 6.42. The SMILES string of the molecule is CCCC(=O)/C=C1/CC[C@@H](OC(C)=O)[C@@H](C)N1. The molecule has 0 spiro atoms. The van der Waals surface area contributed by atoms with E-state index < -0.39 is 0 Å². The van der Waals surface area contributed by atoms with E-state index in [1.807, 2.05) is 13.8 Å². The number of hydrogen-bond acceptors (Lipinski definition) is 4. The summed E-state index contributed by atoms with van der Waals surface area (Å²) in [6.45, 7) is 5.37. The van der Waals surface area contributed by atoms with Crippen LogP contribution in [0.4, 0.5) is 0 Å². The Labute approximate surface area is 102 Å². The minimum absolute atomic E-state index is 0.0633. The predicted molar refractivity (Wildman–Crippen MR) is 65.4 cm³/mol. The van der Waals surface area contributed by atoms with Gasteiger partial charge in [-0.05, 0) is 26.2 Å². The topological polar surface area (TPSA) is 55.4 Å². The Hall–Kier alpha value is -1.32. The second-order valence-corrected chi connectivity index (χ2v) is 4.51. The first-order valence-electron chi connectivity index (χ1n) is 6.20. The van der Waals surface area contributed by atoms with Crippen molar-refractivity contribution in [3.63, 3.8) is 0 Å². The Morgan fingerprint density at radius 3 is 2.76 bits per heavy atom. The van der Waals surface area contributed by atoms with E-state index in [-0.39, 0.29) is 23.9 Å². The Kier molecular flexibility index (Phi) is 5.19. The van der Waals surface area contributed by atoms with Crippen molar-refractivity contribution in [2.24, 2.45) is 0 Å². The molecule has 1 N–H and O–H groups in total. The standard InChI is InChI=1S/C13H21NO3/c1-4-5-12(16)8-11-6-7-13(9(2)14-11)17-10(3)15/h8-9,13-14H,4-7H2,1-3H3/b11-8-/t9-,13-/m1/s1. The molecule has 1 heterocycles. The third-order valence-electron chi connectivity index (χ3n) is 2.82. The van der Waals surface area contributed by atoms with Gasteiger partial charge in [-0.3, -0.25) is 9.59 Å². The number of hydrogen-bond donors (Lipinski definition) is 1. The average molecular weight is 239 g/mol. The van der Waals surface area contributed by atoms with Gasteiger partial charge in [-0.15, -0.1) is 0 Å². The third-order valence-corrected chi connectivity index (χ3v) is 2.82. The maximum atomic E-state index is 11.5. The summed E-state index contributed by atoms with van der Waals surface area (Å²) in [7, 11) is 0. The van der Waals surface area contributed by atoms with Crippen LogP contribution in [0.25, 0.3) is 0 Å². The molecule has 0 unspecified atom stereocenters. The molecule has 0 aromatic heterocycles. The van der Waals surface area contributed by atoms with E-state index in [4.69, 9.17) is 4.74 Å². The van der Waals surface area contributed by atoms with Crippen LogP contribution in [0.5, 0.6) is 0 Å². The molecule has 0 aromatic carbocycles. The normalized spacial score (nSPS) is 26.4. The monoisotopic (exact) mass is 239 g/mol. The van der Waals surface area contributed by atoms with Gasteiger partial charge in [0, 0.05) is 25.1 Å². The maximum Gasteiger partial charge on any atom is 0.302 e. The highest BCUT2D eigenvalue weighted by atomic mass is 16.5. The van der Waals surface area contributed by atoms with Crippen LogP contribution in [0, 0.1) is 0 Å². The van der Waals surface area contributed by atoms with E-state index in [0.29, 0.717) is 6.42 Å². The van der Waals surface area contributed by atoms with Gasteiger partial charge in [0.05, 0.1) is 6.04 Å². The van der Waals surface area contributed by atoms with Gasteiger partial charge < -0.3 is 10.1 Å². The molecule has 2 atom stereocenters. The smallest absolute Gasteiger partial charge is 0.302 e. The first-order valence-corrected chi connectivity index (χ1v) is 6.20. The molecule has 96 valence electrons. The maximum absolute atomic E-state index is 11.5. The van der Waals surface area contributed by atoms with Crippen molar-refractivity contribution in [3.05, 3.63) is 11.8 Å². The molecule has 4 nitrogen and oxygen atoms in total. The second-order valence-electron chi connectivity index (χ2n) is 4.51. The summed E-state index contributed by atoms with van der Waals surface area (Å²) in [6, 6.07) is 0.0633. The fraction of sp³-hybridized carbons (Fsp3) is 0.692. The lowest BCUT2D eigenvalue weighted by Crippen LogP contribution is -2.43. The zero-order valence-corrected chi connectivity index (χ0v) is 10.8. The number of carbonyl (C=O) groups excluding carboxylic acids is 2. The number of ether oxygens (including phenoxy) is 1. The van der Waals surface area contributed by atoms with Crippen LogP contribution in [-0.2, 0) is 14.3 Å². The summed E-state index contributed by atoms with van der Waals surface area (Å²) >= 11 is 0. The lowest BCUT2D eigenvalue weighted by molar-refractivity contribution is -0.148. The molecule has 0 aliphatic carbocycles. The molecule has 1 aliphatic heterocycles. The van der Waals surface area contributed by atoms with Crippen molar-refractivity contribution in [3.8, 4) is 0 Å². The van der Waals surface area contributed by atoms with Crippen molar-refractivity contribution in [1.82, 2.24) is 5.32 Å². The number of allylic oxidation sites excluding steroid dienone is 2. The lowest BCUT2D eigenvalue weighted by atomic mass is 9.99. The van der Waals surface area contributed by atoms with Crippen molar-refractivity contribution in [2.75, 3.05) is 0 Å². The molecule has 0 saturated carbocycles. The van der Waals surface area contributed by atoms with Gasteiger partial charge in [0.25, 0.3) is 0 Å². The molecule has 0 radical (unpaired) electrons. The number of nitrogens with one attached hydrogen (secondary N) is 1. The molecule has 0 aromatic rings. The number of piperidine rings is 1. The fourth-order valence-corrected chi connectivity index (χ4v) is 2.01. The van der Waals surface area contributed by atoms with Crippen molar-refractivity contribution >= 4 is 11.8 Å². The summed E-state index contributed by atoms with van der Waals surface area (Å²) in [5, 5.41) is 3.22. The molecule has 1 aliphatic rings. The van der Waals surface area contributed by atoms with Gasteiger partial charge in [0.1, 0.15) is 6.10 Å². The molecular formula is C13H21NO3. The first-order chi connectivity index (χ1) is 8.02. The zero-order valence-electron chi connectivity index (χ0n) is 10.8. The summed E-state index contributed by atoms with van der Waals surface area (Å²) in [5.74, 6) is -0.0914. The van der Waals surface area contributed by atoms with E-state index in [2.05, 4.69) is 5.32 Å². The van der Waals surface area contributed by atoms with E-state index in [1.165, 1.54) is 6.92 Å². The van der Waals surface area contributed by atoms with Crippen LogP contribution in [0.3, 0.4) is 0 Å². The predicted octanol–water partition coefficient (Wildman–Crippen LogP) is 1.94. The minimum atomic E-state index is -0.252. The summed E-state index contributed by atoms with van der Waals surface area (Å²) in [6.07, 6.45) is 4.59. The Bertz CT molecular complexity index is 323. The number of esters is 1. The zero-order chi connectivity index (χ0) is 12.8. The number of carbonyl (C=O) groups is 2. The van der Waals surface area contributed by atoms with Crippen LogP contribution in [0.2, 0.25) is 0 Å². The molecule has 1 fully saturated rings. The highest BCUT2D eigenvalue weighted by Crippen LogP contribution is 2.19. The highest BCUT2D eigenvalue weighted by Gasteiger charge is 2.25. The van der Waals surface area contributed by atoms with Crippen molar-refractivity contribution < 1.29 is 14.3 Å². The summed E-state index contributed by atoms with van der Waals surface area (Å²) in [5.41, 5.74) is 0.958. The van der Waals surface area contributed by atoms with E-state index in [1.54, 1.807) is 6.08 Å². The van der Waals surface area contributed by atoms with Gasteiger partial charge in [-0.2, -0.15) is 0 Å². The van der Waals surface area contributed by atoms with Crippen LogP contribution in [-0.4, -0.2) is 23.9 Å². The van der Waals surface area contributed by atoms with Gasteiger partial charge in [-0.1, -0.05) is 6.92 Å². The third kappa shape index (κ3) is 4.59. The van der Waals surface area contributed by atoms with E-state index >= 15 is 0 Å². The average Bonchev–Trinajstić information content (AvgIpc) is 2.22. The highest BCUT2D eigenvalue weighted by molar-refractivity contribution is 5.90. The van der Waals surface area contributed by atoms with Gasteiger partial charge >= 0.3 is 5.97 Å². The summed E-state index contributed by atoms with van der Waals surface area (Å²) in [4.78, 5) is 22.4. The molecule has 4 heteroatoms. The molecule has 0 amide bonds. The van der Waals surface area contributed by atoms with Gasteiger partial charge in [-0.25, -0.2) is 0 Å².